The lowest BCUT2D eigenvalue weighted by Gasteiger charge is -2.12. The van der Waals surface area contributed by atoms with Crippen LogP contribution in [0.4, 0.5) is 5.82 Å². The number of aromatic amines is 1. The summed E-state index contributed by atoms with van der Waals surface area (Å²) in [6.07, 6.45) is 3.83. The van der Waals surface area contributed by atoms with Crippen molar-refractivity contribution in [1.29, 1.82) is 0 Å². The van der Waals surface area contributed by atoms with E-state index in [2.05, 4.69) is 22.2 Å². The van der Waals surface area contributed by atoms with Crippen LogP contribution in [-0.2, 0) is 0 Å². The first-order valence-corrected chi connectivity index (χ1v) is 5.00. The van der Waals surface area contributed by atoms with Crippen LogP contribution in [0.3, 0.4) is 0 Å². The largest absolute Gasteiger partial charge is 0.489 e. The van der Waals surface area contributed by atoms with Gasteiger partial charge < -0.3 is 15.0 Å². The van der Waals surface area contributed by atoms with Gasteiger partial charge in [-0.2, -0.15) is 0 Å². The Morgan fingerprint density at radius 1 is 1.67 bits per heavy atom. The Morgan fingerprint density at radius 2 is 2.40 bits per heavy atom. The lowest BCUT2D eigenvalue weighted by atomic mass is 10.1. The van der Waals surface area contributed by atoms with Crippen LogP contribution in [0.2, 0.25) is 0 Å². The van der Waals surface area contributed by atoms with Crippen LogP contribution >= 0.6 is 0 Å². The highest BCUT2D eigenvalue weighted by Crippen LogP contribution is 2.44. The van der Waals surface area contributed by atoms with Gasteiger partial charge in [0.25, 0.3) is 5.56 Å². The average molecular weight is 209 g/mol. The number of hydrogen-bond acceptors (Lipinski definition) is 4. The predicted molar refractivity (Wildman–Crippen MR) is 57.2 cm³/mol. The number of nitrogens with zero attached hydrogens (tertiary/aromatic N) is 1. The van der Waals surface area contributed by atoms with Crippen molar-refractivity contribution in [2.24, 2.45) is 5.41 Å². The number of nitrogens with one attached hydrogen (secondary N) is 2. The minimum atomic E-state index is -0.254. The molecule has 0 amide bonds. The summed E-state index contributed by atoms with van der Waals surface area (Å²) in [5.74, 6) is 0.774. The van der Waals surface area contributed by atoms with Crippen LogP contribution in [0, 0.1) is 5.41 Å². The number of hydrogen-bond donors (Lipinski definition) is 2. The van der Waals surface area contributed by atoms with Gasteiger partial charge in [0.15, 0.2) is 5.82 Å². The summed E-state index contributed by atoms with van der Waals surface area (Å²) in [6, 6.07) is 0. The van der Waals surface area contributed by atoms with Crippen molar-refractivity contribution in [1.82, 2.24) is 9.97 Å². The molecule has 1 fully saturated rings. The van der Waals surface area contributed by atoms with Gasteiger partial charge in [-0.05, 0) is 18.3 Å². The summed E-state index contributed by atoms with van der Waals surface area (Å²) in [5.41, 5.74) is 0.117. The van der Waals surface area contributed by atoms with E-state index in [1.165, 1.54) is 26.3 Å². The zero-order valence-electron chi connectivity index (χ0n) is 8.96. The Bertz CT molecular complexity index is 409. The highest BCUT2D eigenvalue weighted by Gasteiger charge is 2.37. The van der Waals surface area contributed by atoms with E-state index >= 15 is 0 Å². The smallest absolute Gasteiger partial charge is 0.295 e. The molecule has 0 aliphatic heterocycles. The van der Waals surface area contributed by atoms with E-state index < -0.39 is 0 Å². The summed E-state index contributed by atoms with van der Waals surface area (Å²) in [7, 11) is 1.47. The van der Waals surface area contributed by atoms with Crippen molar-refractivity contribution in [2.45, 2.75) is 19.8 Å². The zero-order chi connectivity index (χ0) is 10.9. The van der Waals surface area contributed by atoms with Crippen LogP contribution in [0.5, 0.6) is 5.75 Å². The van der Waals surface area contributed by atoms with Gasteiger partial charge in [-0.3, -0.25) is 4.79 Å². The molecule has 1 heterocycles. The molecular weight excluding hydrogens is 194 g/mol. The average Bonchev–Trinajstić information content (AvgIpc) is 2.94. The van der Waals surface area contributed by atoms with Crippen molar-refractivity contribution in [3.63, 3.8) is 0 Å². The Hall–Kier alpha value is -1.52. The summed E-state index contributed by atoms with van der Waals surface area (Å²) in [5, 5.41) is 3.15. The van der Waals surface area contributed by atoms with Gasteiger partial charge in [-0.25, -0.2) is 4.98 Å². The monoisotopic (exact) mass is 209 g/mol. The third kappa shape index (κ3) is 2.11. The second-order valence-electron chi connectivity index (χ2n) is 4.28. The molecule has 0 saturated heterocycles. The summed E-state index contributed by atoms with van der Waals surface area (Å²) in [6.45, 7) is 3.04. The fourth-order valence-electron chi connectivity index (χ4n) is 1.39. The minimum absolute atomic E-state index is 0.252. The summed E-state index contributed by atoms with van der Waals surface area (Å²) < 4.78 is 4.99. The third-order valence-corrected chi connectivity index (χ3v) is 2.80. The fraction of sp³-hybridized carbons (Fsp3) is 0.600. The molecule has 0 unspecified atom stereocenters. The first-order chi connectivity index (χ1) is 7.14. The third-order valence-electron chi connectivity index (χ3n) is 2.80. The Balaban J connectivity index is 2.13. The molecule has 0 radical (unpaired) electrons. The first kappa shape index (κ1) is 10.0. The molecule has 0 aromatic carbocycles. The van der Waals surface area contributed by atoms with Crippen LogP contribution in [0.25, 0.3) is 0 Å². The number of methoxy groups -OCH3 is 1. The van der Waals surface area contributed by atoms with Gasteiger partial charge in [0.05, 0.1) is 13.4 Å². The fourth-order valence-corrected chi connectivity index (χ4v) is 1.39. The Labute approximate surface area is 87.9 Å². The van der Waals surface area contributed by atoms with E-state index in [-0.39, 0.29) is 11.3 Å². The molecule has 5 nitrogen and oxygen atoms in total. The summed E-state index contributed by atoms with van der Waals surface area (Å²) >= 11 is 0. The molecule has 0 bridgehead atoms. The molecule has 1 aliphatic carbocycles. The van der Waals surface area contributed by atoms with Crippen LogP contribution < -0.4 is 15.6 Å². The van der Waals surface area contributed by atoms with E-state index in [1.54, 1.807) is 0 Å². The van der Waals surface area contributed by atoms with Gasteiger partial charge in [-0.1, -0.05) is 6.92 Å². The zero-order valence-corrected chi connectivity index (χ0v) is 8.96. The predicted octanol–water partition coefficient (Wildman–Crippen LogP) is 0.990. The molecule has 0 atom stereocenters. The van der Waals surface area contributed by atoms with Crippen molar-refractivity contribution in [3.05, 3.63) is 16.7 Å². The summed E-state index contributed by atoms with van der Waals surface area (Å²) in [4.78, 5) is 17.9. The maximum Gasteiger partial charge on any atom is 0.295 e. The lowest BCUT2D eigenvalue weighted by molar-refractivity contribution is 0.407. The quantitative estimate of drug-likeness (QED) is 0.776. The first-order valence-electron chi connectivity index (χ1n) is 5.00. The highest BCUT2D eigenvalue weighted by molar-refractivity contribution is 5.48. The van der Waals surface area contributed by atoms with E-state index in [0.717, 1.165) is 6.54 Å². The molecule has 0 spiro atoms. The van der Waals surface area contributed by atoms with E-state index in [1.807, 2.05) is 0 Å². The molecule has 5 heteroatoms. The maximum absolute atomic E-state index is 11.4. The van der Waals surface area contributed by atoms with Crippen molar-refractivity contribution in [3.8, 4) is 5.75 Å². The SMILES string of the molecule is COc1c(NCC2(C)CC2)nc[nH]c1=O. The molecule has 1 aromatic heterocycles. The molecule has 1 aromatic rings. The standard InChI is InChI=1S/C10H15N3O2/c1-10(3-4-10)5-11-8-7(15-2)9(14)13-6-12-8/h6H,3-5H2,1-2H3,(H2,11,12,13,14). The Kier molecular flexibility index (Phi) is 2.38. The van der Waals surface area contributed by atoms with Crippen LogP contribution in [0.1, 0.15) is 19.8 Å². The molecule has 15 heavy (non-hydrogen) atoms. The maximum atomic E-state index is 11.4. The van der Waals surface area contributed by atoms with Crippen molar-refractivity contribution >= 4 is 5.82 Å². The van der Waals surface area contributed by atoms with Gasteiger partial charge in [0.2, 0.25) is 5.75 Å². The van der Waals surface area contributed by atoms with Crippen LogP contribution in [0.15, 0.2) is 11.1 Å². The number of aromatic nitrogens is 2. The molecular formula is C10H15N3O2. The highest BCUT2D eigenvalue weighted by atomic mass is 16.5. The normalized spacial score (nSPS) is 17.2. The van der Waals surface area contributed by atoms with Crippen LogP contribution in [-0.4, -0.2) is 23.6 Å². The molecule has 1 aliphatic rings. The molecule has 2 N–H and O–H groups in total. The minimum Gasteiger partial charge on any atom is -0.489 e. The van der Waals surface area contributed by atoms with Gasteiger partial charge >= 0.3 is 0 Å². The van der Waals surface area contributed by atoms with Gasteiger partial charge in [0, 0.05) is 6.54 Å². The second-order valence-corrected chi connectivity index (χ2v) is 4.28. The number of rotatable bonds is 4. The van der Waals surface area contributed by atoms with E-state index in [9.17, 15) is 4.79 Å². The molecule has 1 saturated carbocycles. The number of H-pyrrole nitrogens is 1. The topological polar surface area (TPSA) is 67.0 Å². The van der Waals surface area contributed by atoms with Gasteiger partial charge in [-0.15, -0.1) is 0 Å². The van der Waals surface area contributed by atoms with E-state index in [4.69, 9.17) is 4.74 Å². The lowest BCUT2D eigenvalue weighted by Crippen LogP contribution is -2.18. The van der Waals surface area contributed by atoms with Crippen molar-refractivity contribution in [2.75, 3.05) is 19.0 Å². The van der Waals surface area contributed by atoms with E-state index in [0.29, 0.717) is 11.2 Å². The number of anilines is 1. The van der Waals surface area contributed by atoms with Gasteiger partial charge in [0.1, 0.15) is 0 Å². The molecule has 2 rings (SSSR count). The Morgan fingerprint density at radius 3 is 3.00 bits per heavy atom. The van der Waals surface area contributed by atoms with Crippen molar-refractivity contribution < 1.29 is 4.74 Å². The molecule has 82 valence electrons. The number of ether oxygens (including phenoxy) is 1. The second kappa shape index (κ2) is 3.56.